The van der Waals surface area contributed by atoms with Crippen molar-refractivity contribution in [2.24, 2.45) is 0 Å². The third-order valence-corrected chi connectivity index (χ3v) is 17.6. The van der Waals surface area contributed by atoms with Gasteiger partial charge in [-0.1, -0.05) is 116 Å². The number of para-hydroxylation sites is 1. The van der Waals surface area contributed by atoms with Gasteiger partial charge in [-0.2, -0.15) is 0 Å². The SMILES string of the molecule is CC(C)(C)c1cc(-c2cc(-c3ccccc3)ccn2)[c-]c(-c2cccc3c2nc(-c2cc(C(C)(C)C)cc(C(C)(C)C)c2O)n3-c2ccc(-c3cc[c]([Ge]([CH3])([CH3])[CH3])cc3)cc2-c2ccccc2)c1.[Pt]. The average Bonchev–Trinajstić information content (AvgIpc) is 3.70. The quantitative estimate of drug-likeness (QED) is 0.122. The van der Waals surface area contributed by atoms with Gasteiger partial charge in [-0.25, -0.2) is 0 Å². The van der Waals surface area contributed by atoms with Gasteiger partial charge in [0, 0.05) is 38.5 Å². The van der Waals surface area contributed by atoms with E-state index in [9.17, 15) is 5.11 Å². The fourth-order valence-electron chi connectivity index (χ4n) is 9.15. The predicted octanol–water partition coefficient (Wildman–Crippen LogP) is 16.4. The maximum absolute atomic E-state index is 12.6. The average molecular weight is 1150 g/mol. The van der Waals surface area contributed by atoms with Crippen LogP contribution < -0.4 is 4.40 Å². The summed E-state index contributed by atoms with van der Waals surface area (Å²) in [6, 6.07) is 60.6. The van der Waals surface area contributed by atoms with Gasteiger partial charge in [-0.15, -0.1) is 29.3 Å². The van der Waals surface area contributed by atoms with E-state index in [-0.39, 0.29) is 43.1 Å². The van der Waals surface area contributed by atoms with Gasteiger partial charge in [0.25, 0.3) is 0 Å². The molecule has 0 spiro atoms. The molecular weight excluding hydrogens is 1080 g/mol. The molecule has 0 aliphatic rings. The number of fused-ring (bicyclic) bond motifs is 1. The molecule has 0 fully saturated rings. The van der Waals surface area contributed by atoms with Gasteiger partial charge in [0.1, 0.15) is 0 Å². The van der Waals surface area contributed by atoms with Crippen LogP contribution in [0.15, 0.2) is 164 Å². The van der Waals surface area contributed by atoms with Gasteiger partial charge in [-0.3, -0.25) is 4.98 Å². The molecule has 0 bridgehead atoms. The van der Waals surface area contributed by atoms with Crippen LogP contribution in [-0.4, -0.2) is 32.9 Å². The molecular formula is C63H64GeN3OPt-. The summed E-state index contributed by atoms with van der Waals surface area (Å²) in [5, 5.41) is 12.6. The maximum Gasteiger partial charge on any atom is 0 e. The minimum Gasteiger partial charge on any atom is -0.122 e. The van der Waals surface area contributed by atoms with Crippen LogP contribution in [0.4, 0.5) is 0 Å². The Bertz CT molecular complexity index is 3310. The second-order valence-corrected chi connectivity index (χ2v) is 33.2. The Morgan fingerprint density at radius 3 is 1.71 bits per heavy atom. The van der Waals surface area contributed by atoms with E-state index < -0.39 is 13.3 Å². The van der Waals surface area contributed by atoms with Crippen LogP contribution in [0.1, 0.15) is 79.0 Å². The number of hydrogen-bond donors (Lipinski definition) is 1. The van der Waals surface area contributed by atoms with Crippen molar-refractivity contribution in [3.63, 3.8) is 0 Å². The number of aromatic nitrogens is 3. The zero-order valence-corrected chi connectivity index (χ0v) is 46.6. The molecule has 69 heavy (non-hydrogen) atoms. The van der Waals surface area contributed by atoms with Crippen LogP contribution in [-0.2, 0) is 37.3 Å². The van der Waals surface area contributed by atoms with E-state index >= 15 is 0 Å². The molecule has 9 aromatic rings. The molecule has 7 aromatic carbocycles. The van der Waals surface area contributed by atoms with Gasteiger partial charge in [0.2, 0.25) is 0 Å². The van der Waals surface area contributed by atoms with Gasteiger partial charge < -0.3 is 5.11 Å². The molecule has 0 unspecified atom stereocenters. The number of nitrogens with zero attached hydrogens (tertiary/aromatic N) is 3. The molecule has 0 atom stereocenters. The summed E-state index contributed by atoms with van der Waals surface area (Å²) >= 11 is -2.02. The Morgan fingerprint density at radius 1 is 0.507 bits per heavy atom. The molecule has 2 aromatic heterocycles. The molecule has 0 amide bonds. The molecule has 0 aliphatic carbocycles. The van der Waals surface area contributed by atoms with Crippen molar-refractivity contribution >= 4 is 28.7 Å². The summed E-state index contributed by atoms with van der Waals surface area (Å²) in [6.45, 7) is 20.0. The predicted molar refractivity (Wildman–Crippen MR) is 291 cm³/mol. The summed E-state index contributed by atoms with van der Waals surface area (Å²) in [5.74, 6) is 8.25. The second kappa shape index (κ2) is 18.8. The van der Waals surface area contributed by atoms with E-state index in [0.29, 0.717) is 11.4 Å². The number of aromatic hydroxyl groups is 1. The fourth-order valence-corrected chi connectivity index (χ4v) is 11.6. The summed E-state index contributed by atoms with van der Waals surface area (Å²) in [5.41, 5.74) is 16.4. The molecule has 4 nitrogen and oxygen atoms in total. The van der Waals surface area contributed by atoms with Gasteiger partial charge >= 0.3 is 197 Å². The van der Waals surface area contributed by atoms with Crippen molar-refractivity contribution in [2.75, 3.05) is 0 Å². The van der Waals surface area contributed by atoms with E-state index in [1.807, 2.05) is 12.3 Å². The first-order valence-electron chi connectivity index (χ1n) is 24.0. The van der Waals surface area contributed by atoms with Crippen molar-refractivity contribution in [3.8, 4) is 78.6 Å². The molecule has 0 aliphatic heterocycles. The van der Waals surface area contributed by atoms with E-state index in [4.69, 9.17) is 9.97 Å². The summed E-state index contributed by atoms with van der Waals surface area (Å²) in [4.78, 5) is 10.6. The summed E-state index contributed by atoms with van der Waals surface area (Å²) in [6.07, 6.45) is 1.90. The van der Waals surface area contributed by atoms with Gasteiger partial charge in [-0.05, 0) is 39.0 Å². The second-order valence-electron chi connectivity index (χ2n) is 22.5. The monoisotopic (exact) mass is 1150 g/mol. The van der Waals surface area contributed by atoms with Crippen LogP contribution in [0.2, 0.25) is 17.3 Å². The van der Waals surface area contributed by atoms with Crippen molar-refractivity contribution < 1.29 is 26.2 Å². The standard InChI is InChI=1S/C63H64GeN3O.Pt/c1-61(2,3)48-35-46(34-47(36-48)55-38-45(32-33-65-55)41-20-15-13-16-21-41)51-24-19-25-57-58(51)66-60(53-39-49(62(4,5)6)40-54(59(53)68)63(7,8)9)67(57)56-31-28-44(37-52(56)43-22-17-14-18-23-43)42-26-29-50(30-27-42)64(10,11)12;/h13-33,35-40,68H,1-12H3;/q-1;. The van der Waals surface area contributed by atoms with Gasteiger partial charge in [0.05, 0.1) is 0 Å². The molecule has 0 radical (unpaired) electrons. The van der Waals surface area contributed by atoms with E-state index in [0.717, 1.165) is 78.0 Å². The normalized spacial score (nSPS) is 12.3. The Balaban J connectivity index is 0.00000642. The molecule has 9 rings (SSSR count). The summed E-state index contributed by atoms with van der Waals surface area (Å²) in [7, 11) is 0. The zero-order chi connectivity index (χ0) is 48.3. The van der Waals surface area contributed by atoms with Crippen molar-refractivity contribution in [1.82, 2.24) is 14.5 Å². The number of phenols is 1. The number of benzene rings is 7. The van der Waals surface area contributed by atoms with Crippen molar-refractivity contribution in [2.45, 2.75) is 95.8 Å². The Labute approximate surface area is 427 Å². The number of hydrogen-bond acceptors (Lipinski definition) is 3. The number of imidazole rings is 1. The third kappa shape index (κ3) is 10.1. The Hall–Kier alpha value is -5.81. The Kier molecular flexibility index (Phi) is 13.5. The smallest absolute Gasteiger partial charge is 0 e. The third-order valence-electron chi connectivity index (χ3n) is 13.3. The van der Waals surface area contributed by atoms with Crippen LogP contribution in [0.25, 0.3) is 83.9 Å². The molecule has 352 valence electrons. The minimum absolute atomic E-state index is 0. The summed E-state index contributed by atoms with van der Waals surface area (Å²) < 4.78 is 3.77. The topological polar surface area (TPSA) is 50.9 Å². The minimum atomic E-state index is -2.02. The molecule has 0 saturated heterocycles. The van der Waals surface area contributed by atoms with Crippen LogP contribution in [0, 0.1) is 6.07 Å². The van der Waals surface area contributed by atoms with E-state index in [2.05, 4.69) is 242 Å². The molecule has 2 heterocycles. The maximum atomic E-state index is 12.6. The Morgan fingerprint density at radius 2 is 1.09 bits per heavy atom. The van der Waals surface area contributed by atoms with Gasteiger partial charge in [0.15, 0.2) is 0 Å². The molecule has 0 saturated carbocycles. The first-order valence-corrected chi connectivity index (χ1v) is 31.3. The number of phenolic OH excluding ortho intramolecular Hbond substituents is 1. The van der Waals surface area contributed by atoms with Crippen LogP contribution >= 0.6 is 0 Å². The van der Waals surface area contributed by atoms with Crippen LogP contribution in [0.3, 0.4) is 0 Å². The van der Waals surface area contributed by atoms with Crippen LogP contribution in [0.5, 0.6) is 5.75 Å². The zero-order valence-electron chi connectivity index (χ0n) is 42.2. The van der Waals surface area contributed by atoms with Crippen molar-refractivity contribution in [1.29, 1.82) is 0 Å². The molecule has 6 heteroatoms. The largest absolute Gasteiger partial charge is 0.122 e. The first kappa shape index (κ1) is 49.6. The first-order chi connectivity index (χ1) is 32.1. The molecule has 1 N–H and O–H groups in total. The fraction of sp³-hybridized carbons (Fsp3) is 0.238. The van der Waals surface area contributed by atoms with Crippen molar-refractivity contribution in [3.05, 3.63) is 187 Å². The number of rotatable bonds is 8. The van der Waals surface area contributed by atoms with E-state index in [1.54, 1.807) is 0 Å². The number of pyridine rings is 1. The van der Waals surface area contributed by atoms with E-state index in [1.165, 1.54) is 15.5 Å².